The van der Waals surface area contributed by atoms with Crippen molar-refractivity contribution in [1.82, 2.24) is 15.5 Å². The van der Waals surface area contributed by atoms with E-state index >= 15 is 0 Å². The Morgan fingerprint density at radius 2 is 1.70 bits per heavy atom. The van der Waals surface area contributed by atoms with Crippen molar-refractivity contribution in [2.75, 3.05) is 13.2 Å². The molecule has 3 N–H and O–H groups in total. The summed E-state index contributed by atoms with van der Waals surface area (Å²) in [5.74, 6) is -4.52. The molecule has 0 radical (unpaired) electrons. The van der Waals surface area contributed by atoms with Gasteiger partial charge in [-0.05, 0) is 41.9 Å². The molecule has 1 aliphatic heterocycles. The maximum atomic E-state index is 13.6. The van der Waals surface area contributed by atoms with E-state index in [9.17, 15) is 37.5 Å². The van der Waals surface area contributed by atoms with E-state index in [1.54, 1.807) is 6.92 Å². The van der Waals surface area contributed by atoms with Crippen LogP contribution in [0.5, 0.6) is 0 Å². The molecule has 3 amide bonds. The van der Waals surface area contributed by atoms with Crippen molar-refractivity contribution < 1.29 is 42.2 Å². The van der Waals surface area contributed by atoms with Crippen molar-refractivity contribution in [2.24, 2.45) is 28.6 Å². The summed E-state index contributed by atoms with van der Waals surface area (Å²) in [5, 5.41) is 15.1. The molecule has 0 bridgehead atoms. The first-order valence-corrected chi connectivity index (χ1v) is 12.7. The molecule has 2 saturated carbocycles. The highest BCUT2D eigenvalue weighted by molar-refractivity contribution is 5.95. The molecule has 210 valence electrons. The Kier molecular flexibility index (Phi) is 7.94. The van der Waals surface area contributed by atoms with Gasteiger partial charge in [0.1, 0.15) is 12.1 Å². The summed E-state index contributed by atoms with van der Waals surface area (Å²) >= 11 is 0. The SMILES string of the molecule is CCOC(=O)C(O)C(CC1CC1)NC(=O)[C@@H]1[C@@H]2[C@H](CN1C(=O)[C@@H](NC(=O)C(F)(F)F)C(C)(C)C)C2(C)C. The van der Waals surface area contributed by atoms with E-state index in [0.29, 0.717) is 6.42 Å². The van der Waals surface area contributed by atoms with Crippen LogP contribution in [0.25, 0.3) is 0 Å². The minimum absolute atomic E-state index is 0.0528. The van der Waals surface area contributed by atoms with Crippen molar-refractivity contribution >= 4 is 23.7 Å². The Bertz CT molecular complexity index is 928. The lowest BCUT2D eigenvalue weighted by molar-refractivity contribution is -0.176. The van der Waals surface area contributed by atoms with E-state index < -0.39 is 59.5 Å². The molecule has 0 aromatic heterocycles. The summed E-state index contributed by atoms with van der Waals surface area (Å²) in [6, 6.07) is -3.47. The molecule has 3 rings (SSSR count). The number of likely N-dealkylation sites (tertiary alicyclic amines) is 1. The number of rotatable bonds is 9. The first-order chi connectivity index (χ1) is 16.9. The highest BCUT2D eigenvalue weighted by Crippen LogP contribution is 2.65. The molecule has 1 saturated heterocycles. The highest BCUT2D eigenvalue weighted by Gasteiger charge is 2.70. The Morgan fingerprint density at radius 1 is 1.11 bits per heavy atom. The third-order valence-corrected chi connectivity index (χ3v) is 7.93. The molecule has 9 nitrogen and oxygen atoms in total. The maximum absolute atomic E-state index is 13.6. The van der Waals surface area contributed by atoms with E-state index in [1.807, 2.05) is 19.2 Å². The molecule has 1 heterocycles. The minimum Gasteiger partial charge on any atom is -0.464 e. The van der Waals surface area contributed by atoms with E-state index in [4.69, 9.17) is 4.74 Å². The number of hydrogen-bond acceptors (Lipinski definition) is 6. The van der Waals surface area contributed by atoms with Crippen LogP contribution in [0.4, 0.5) is 13.2 Å². The summed E-state index contributed by atoms with van der Waals surface area (Å²) in [6.07, 6.45) is -4.60. The van der Waals surface area contributed by atoms with Crippen LogP contribution < -0.4 is 10.6 Å². The number of alkyl halides is 3. The van der Waals surface area contributed by atoms with Gasteiger partial charge in [0.2, 0.25) is 11.8 Å². The number of esters is 1. The number of nitrogens with zero attached hydrogens (tertiary/aromatic N) is 1. The van der Waals surface area contributed by atoms with Crippen LogP contribution in [0.3, 0.4) is 0 Å². The van der Waals surface area contributed by atoms with Crippen LogP contribution in [0.15, 0.2) is 0 Å². The Balaban J connectivity index is 1.85. The number of aliphatic hydroxyl groups excluding tert-OH is 1. The van der Waals surface area contributed by atoms with Crippen molar-refractivity contribution in [3.63, 3.8) is 0 Å². The molecular weight excluding hydrogens is 495 g/mol. The monoisotopic (exact) mass is 533 g/mol. The number of hydrogen-bond donors (Lipinski definition) is 3. The third kappa shape index (κ3) is 6.21. The molecule has 12 heteroatoms. The Hall–Kier alpha value is -2.37. The maximum Gasteiger partial charge on any atom is 0.471 e. The third-order valence-electron chi connectivity index (χ3n) is 7.93. The van der Waals surface area contributed by atoms with Gasteiger partial charge in [-0.2, -0.15) is 13.2 Å². The number of aliphatic hydroxyl groups is 1. The second kappa shape index (κ2) is 10.1. The normalized spacial score (nSPS) is 27.0. The molecule has 3 fully saturated rings. The summed E-state index contributed by atoms with van der Waals surface area (Å²) in [7, 11) is 0. The molecule has 37 heavy (non-hydrogen) atoms. The van der Waals surface area contributed by atoms with Gasteiger partial charge in [-0.1, -0.05) is 47.5 Å². The number of piperidine rings is 1. The van der Waals surface area contributed by atoms with Crippen LogP contribution in [0.1, 0.15) is 60.8 Å². The number of carbonyl (C=O) groups excluding carboxylic acids is 4. The molecule has 2 aliphatic carbocycles. The van der Waals surface area contributed by atoms with Gasteiger partial charge >= 0.3 is 18.1 Å². The smallest absolute Gasteiger partial charge is 0.464 e. The average Bonchev–Trinajstić information content (AvgIpc) is 3.61. The van der Waals surface area contributed by atoms with Crippen molar-refractivity contribution in [1.29, 1.82) is 0 Å². The first-order valence-electron chi connectivity index (χ1n) is 12.7. The van der Waals surface area contributed by atoms with Crippen molar-refractivity contribution in [2.45, 2.75) is 91.2 Å². The number of nitrogens with one attached hydrogen (secondary N) is 2. The van der Waals surface area contributed by atoms with Crippen LogP contribution in [-0.4, -0.2) is 77.3 Å². The summed E-state index contributed by atoms with van der Waals surface area (Å²) in [4.78, 5) is 52.4. The first kappa shape index (κ1) is 29.2. The van der Waals surface area contributed by atoms with E-state index in [-0.39, 0.29) is 36.3 Å². The zero-order valence-electron chi connectivity index (χ0n) is 22.1. The largest absolute Gasteiger partial charge is 0.471 e. The van der Waals surface area contributed by atoms with Crippen LogP contribution >= 0.6 is 0 Å². The van der Waals surface area contributed by atoms with Gasteiger partial charge in [0.05, 0.1) is 12.6 Å². The van der Waals surface area contributed by atoms with Crippen LogP contribution in [0.2, 0.25) is 0 Å². The fourth-order valence-electron chi connectivity index (χ4n) is 5.48. The lowest BCUT2D eigenvalue weighted by Crippen LogP contribution is -2.61. The summed E-state index contributed by atoms with van der Waals surface area (Å²) in [5.41, 5.74) is -1.35. The van der Waals surface area contributed by atoms with Crippen molar-refractivity contribution in [3.05, 3.63) is 0 Å². The fourth-order valence-corrected chi connectivity index (χ4v) is 5.48. The summed E-state index contributed by atoms with van der Waals surface area (Å²) < 4.78 is 43.9. The van der Waals surface area contributed by atoms with E-state index in [2.05, 4.69) is 5.32 Å². The van der Waals surface area contributed by atoms with Crippen LogP contribution in [-0.2, 0) is 23.9 Å². The van der Waals surface area contributed by atoms with Gasteiger partial charge < -0.3 is 25.4 Å². The number of halogens is 3. The zero-order chi connectivity index (χ0) is 28.1. The molecular formula is C25H38F3N3O6. The number of carbonyl (C=O) groups is 4. The molecule has 0 aromatic carbocycles. The topological polar surface area (TPSA) is 125 Å². The quantitative estimate of drug-likeness (QED) is 0.388. The number of ether oxygens (including phenoxy) is 1. The lowest BCUT2D eigenvalue weighted by atomic mass is 9.85. The predicted molar refractivity (Wildman–Crippen MR) is 126 cm³/mol. The van der Waals surface area contributed by atoms with Gasteiger partial charge in [-0.25, -0.2) is 4.79 Å². The van der Waals surface area contributed by atoms with Gasteiger partial charge in [0.15, 0.2) is 6.10 Å². The Labute approximate surface area is 214 Å². The molecule has 0 aromatic rings. The van der Waals surface area contributed by atoms with E-state index in [1.165, 1.54) is 25.7 Å². The molecule has 3 aliphatic rings. The molecule has 2 unspecified atom stereocenters. The number of amides is 3. The minimum atomic E-state index is -5.17. The van der Waals surface area contributed by atoms with E-state index in [0.717, 1.165) is 12.8 Å². The molecule has 0 spiro atoms. The van der Waals surface area contributed by atoms with Gasteiger partial charge in [-0.15, -0.1) is 0 Å². The standard InChI is InChI=1S/C25H38F3N3O6/c1-7-37-21(35)17(32)14(10-12-8-9-12)29-19(33)16-15-13(24(15,5)6)11-31(16)20(34)18(23(2,3)4)30-22(36)25(26,27)28/h12-18,32H,7-11H2,1-6H3,(H,29,33)(H,30,36)/t13-,14?,15-,16-,17?,18+/m0/s1. The number of fused-ring (bicyclic) bond motifs is 1. The van der Waals surface area contributed by atoms with Gasteiger partial charge in [-0.3, -0.25) is 14.4 Å². The zero-order valence-corrected chi connectivity index (χ0v) is 22.1. The van der Waals surface area contributed by atoms with Crippen LogP contribution in [0, 0.1) is 28.6 Å². The lowest BCUT2D eigenvalue weighted by Gasteiger charge is -2.38. The predicted octanol–water partition coefficient (Wildman–Crippen LogP) is 1.77. The van der Waals surface area contributed by atoms with Crippen molar-refractivity contribution in [3.8, 4) is 0 Å². The van der Waals surface area contributed by atoms with Gasteiger partial charge in [0, 0.05) is 6.54 Å². The average molecular weight is 534 g/mol. The van der Waals surface area contributed by atoms with Gasteiger partial charge in [0.25, 0.3) is 0 Å². The molecule has 6 atom stereocenters. The second-order valence-electron chi connectivity index (χ2n) is 12.2. The highest BCUT2D eigenvalue weighted by atomic mass is 19.4. The Morgan fingerprint density at radius 3 is 2.19 bits per heavy atom. The summed E-state index contributed by atoms with van der Waals surface area (Å²) in [6.45, 7) is 10.3. The second-order valence-corrected chi connectivity index (χ2v) is 12.2. The fraction of sp³-hybridized carbons (Fsp3) is 0.840.